The zero-order valence-electron chi connectivity index (χ0n) is 9.87. The molecule has 100 valence electrons. The van der Waals surface area contributed by atoms with Crippen molar-refractivity contribution in [2.75, 3.05) is 13.7 Å². The Morgan fingerprint density at radius 3 is 2.72 bits per heavy atom. The van der Waals surface area contributed by atoms with Crippen molar-refractivity contribution in [1.82, 2.24) is 4.98 Å². The molecule has 0 aliphatic carbocycles. The van der Waals surface area contributed by atoms with E-state index in [1.54, 1.807) is 6.92 Å². The second-order valence-corrected chi connectivity index (χ2v) is 4.14. The van der Waals surface area contributed by atoms with Crippen LogP contribution in [-0.2, 0) is 16.0 Å². The van der Waals surface area contributed by atoms with Crippen molar-refractivity contribution in [2.24, 2.45) is 0 Å². The van der Waals surface area contributed by atoms with Gasteiger partial charge in [0, 0.05) is 6.20 Å². The fourth-order valence-corrected chi connectivity index (χ4v) is 1.92. The highest BCUT2D eigenvalue weighted by Crippen LogP contribution is 2.36. The molecule has 1 heterocycles. The van der Waals surface area contributed by atoms with Crippen LogP contribution in [0.1, 0.15) is 24.6 Å². The molecule has 1 rings (SSSR count). The number of methoxy groups -OCH3 is 1. The van der Waals surface area contributed by atoms with Crippen molar-refractivity contribution in [2.45, 2.75) is 19.8 Å². The van der Waals surface area contributed by atoms with E-state index in [1.807, 2.05) is 0 Å². The first-order chi connectivity index (χ1) is 8.51. The molecule has 0 atom stereocenters. The van der Waals surface area contributed by atoms with Gasteiger partial charge in [-0.1, -0.05) is 0 Å². The van der Waals surface area contributed by atoms with E-state index in [1.165, 1.54) is 13.3 Å². The summed E-state index contributed by atoms with van der Waals surface area (Å²) in [5.41, 5.74) is -0.427. The van der Waals surface area contributed by atoms with Crippen LogP contribution in [0.25, 0.3) is 0 Å². The maximum Gasteiger partial charge on any atom is 0.311 e. The fraction of sp³-hybridized carbons (Fsp3) is 0.455. The first-order valence-corrected chi connectivity index (χ1v) is 5.95. The predicted octanol–water partition coefficient (Wildman–Crippen LogP) is 2.90. The SMILES string of the molecule is CCOC(=O)Cc1ncc(Br)c(OC)c1C(F)F. The summed E-state index contributed by atoms with van der Waals surface area (Å²) in [6.45, 7) is 1.83. The monoisotopic (exact) mass is 323 g/mol. The Balaban J connectivity index is 3.15. The highest BCUT2D eigenvalue weighted by Gasteiger charge is 2.24. The topological polar surface area (TPSA) is 48.4 Å². The van der Waals surface area contributed by atoms with E-state index >= 15 is 0 Å². The number of ether oxygens (including phenoxy) is 2. The lowest BCUT2D eigenvalue weighted by Crippen LogP contribution is -2.12. The predicted molar refractivity (Wildman–Crippen MR) is 63.8 cm³/mol. The van der Waals surface area contributed by atoms with Crippen molar-refractivity contribution < 1.29 is 23.0 Å². The number of pyridine rings is 1. The highest BCUT2D eigenvalue weighted by molar-refractivity contribution is 9.10. The van der Waals surface area contributed by atoms with Crippen LogP contribution >= 0.6 is 15.9 Å². The minimum atomic E-state index is -2.78. The second kappa shape index (κ2) is 6.63. The maximum atomic E-state index is 13.0. The van der Waals surface area contributed by atoms with Gasteiger partial charge in [0.2, 0.25) is 0 Å². The lowest BCUT2D eigenvalue weighted by molar-refractivity contribution is -0.142. The fourth-order valence-electron chi connectivity index (χ4n) is 1.44. The van der Waals surface area contributed by atoms with Crippen molar-refractivity contribution in [3.05, 3.63) is 21.9 Å². The quantitative estimate of drug-likeness (QED) is 0.782. The molecule has 0 aliphatic rings. The van der Waals surface area contributed by atoms with Crippen LogP contribution in [0.4, 0.5) is 8.78 Å². The molecule has 0 spiro atoms. The van der Waals surface area contributed by atoms with Gasteiger partial charge in [0.1, 0.15) is 5.75 Å². The van der Waals surface area contributed by atoms with E-state index < -0.39 is 12.4 Å². The molecular formula is C11H12BrF2NO3. The molecule has 1 aromatic rings. The Hall–Kier alpha value is -1.24. The molecule has 0 radical (unpaired) electrons. The molecule has 0 fully saturated rings. The molecule has 0 N–H and O–H groups in total. The third-order valence-electron chi connectivity index (χ3n) is 2.15. The van der Waals surface area contributed by atoms with Crippen molar-refractivity contribution in [1.29, 1.82) is 0 Å². The molecule has 0 unspecified atom stereocenters. The Morgan fingerprint density at radius 1 is 1.56 bits per heavy atom. The summed E-state index contributed by atoms with van der Waals surface area (Å²) in [7, 11) is 1.28. The van der Waals surface area contributed by atoms with E-state index in [4.69, 9.17) is 9.47 Å². The van der Waals surface area contributed by atoms with Gasteiger partial charge < -0.3 is 9.47 Å². The van der Waals surface area contributed by atoms with Gasteiger partial charge in [-0.3, -0.25) is 9.78 Å². The minimum absolute atomic E-state index is 0.0145. The number of hydrogen-bond acceptors (Lipinski definition) is 4. The maximum absolute atomic E-state index is 13.0. The second-order valence-electron chi connectivity index (χ2n) is 3.28. The molecule has 0 aliphatic heterocycles. The number of halogens is 3. The highest BCUT2D eigenvalue weighted by atomic mass is 79.9. The van der Waals surface area contributed by atoms with E-state index in [9.17, 15) is 13.6 Å². The van der Waals surface area contributed by atoms with E-state index in [-0.39, 0.29) is 30.0 Å². The largest absolute Gasteiger partial charge is 0.495 e. The number of aromatic nitrogens is 1. The van der Waals surface area contributed by atoms with Gasteiger partial charge in [0.15, 0.2) is 0 Å². The molecule has 0 amide bonds. The van der Waals surface area contributed by atoms with Gasteiger partial charge in [-0.05, 0) is 22.9 Å². The van der Waals surface area contributed by atoms with Crippen LogP contribution in [-0.4, -0.2) is 24.7 Å². The van der Waals surface area contributed by atoms with Crippen LogP contribution < -0.4 is 4.74 Å². The molecule has 4 nitrogen and oxygen atoms in total. The molecule has 18 heavy (non-hydrogen) atoms. The van der Waals surface area contributed by atoms with Gasteiger partial charge in [0.25, 0.3) is 6.43 Å². The lowest BCUT2D eigenvalue weighted by atomic mass is 10.1. The Kier molecular flexibility index (Phi) is 5.46. The zero-order valence-corrected chi connectivity index (χ0v) is 11.5. The minimum Gasteiger partial charge on any atom is -0.495 e. The van der Waals surface area contributed by atoms with Gasteiger partial charge >= 0.3 is 5.97 Å². The first-order valence-electron chi connectivity index (χ1n) is 5.16. The van der Waals surface area contributed by atoms with Crippen LogP contribution in [0.15, 0.2) is 10.7 Å². The lowest BCUT2D eigenvalue weighted by Gasteiger charge is -2.13. The Bertz CT molecular complexity index is 441. The number of rotatable bonds is 5. The van der Waals surface area contributed by atoms with Gasteiger partial charge in [0.05, 0.1) is 35.9 Å². The zero-order chi connectivity index (χ0) is 13.7. The standard InChI is InChI=1S/C11H12BrF2NO3/c1-3-18-8(16)4-7-9(11(13)14)10(17-2)6(12)5-15-7/h5,11H,3-4H2,1-2H3. The molecule has 7 heteroatoms. The Labute approximate surface area is 111 Å². The van der Waals surface area contributed by atoms with Crippen LogP contribution in [0.5, 0.6) is 5.75 Å². The molecule has 0 saturated heterocycles. The normalized spacial score (nSPS) is 10.6. The average Bonchev–Trinajstić information content (AvgIpc) is 2.30. The molecule has 0 aromatic carbocycles. The third kappa shape index (κ3) is 3.38. The third-order valence-corrected chi connectivity index (χ3v) is 2.71. The number of carbonyl (C=O) groups is 1. The number of hydrogen-bond donors (Lipinski definition) is 0. The summed E-state index contributed by atoms with van der Waals surface area (Å²) < 4.78 is 35.9. The number of nitrogens with zero attached hydrogens (tertiary/aromatic N) is 1. The van der Waals surface area contributed by atoms with E-state index in [0.29, 0.717) is 4.47 Å². The van der Waals surface area contributed by atoms with Gasteiger partial charge in [-0.15, -0.1) is 0 Å². The van der Waals surface area contributed by atoms with Crippen LogP contribution in [0.3, 0.4) is 0 Å². The molecule has 0 bridgehead atoms. The van der Waals surface area contributed by atoms with Crippen LogP contribution in [0.2, 0.25) is 0 Å². The Morgan fingerprint density at radius 2 is 2.22 bits per heavy atom. The van der Waals surface area contributed by atoms with Gasteiger partial charge in [-0.25, -0.2) is 8.78 Å². The number of esters is 1. The summed E-state index contributed by atoms with van der Waals surface area (Å²) in [5, 5.41) is 0. The van der Waals surface area contributed by atoms with Crippen molar-refractivity contribution >= 4 is 21.9 Å². The number of carbonyl (C=O) groups excluding carboxylic acids is 1. The molecule has 1 aromatic heterocycles. The molecule has 0 saturated carbocycles. The summed E-state index contributed by atoms with van der Waals surface area (Å²) in [4.78, 5) is 15.1. The molecular weight excluding hydrogens is 312 g/mol. The van der Waals surface area contributed by atoms with Crippen molar-refractivity contribution in [3.8, 4) is 5.75 Å². The summed E-state index contributed by atoms with van der Waals surface area (Å²) in [5.74, 6) is -0.615. The van der Waals surface area contributed by atoms with E-state index in [2.05, 4.69) is 20.9 Å². The number of alkyl halides is 2. The van der Waals surface area contributed by atoms with Crippen LogP contribution in [0, 0.1) is 0 Å². The summed E-state index contributed by atoms with van der Waals surface area (Å²) in [6, 6.07) is 0. The smallest absolute Gasteiger partial charge is 0.311 e. The van der Waals surface area contributed by atoms with Gasteiger partial charge in [-0.2, -0.15) is 0 Å². The van der Waals surface area contributed by atoms with E-state index in [0.717, 1.165) is 0 Å². The summed E-state index contributed by atoms with van der Waals surface area (Å²) >= 11 is 3.07. The average molecular weight is 324 g/mol. The first kappa shape index (κ1) is 14.8. The van der Waals surface area contributed by atoms with Crippen molar-refractivity contribution in [3.63, 3.8) is 0 Å². The summed E-state index contributed by atoms with van der Waals surface area (Å²) in [6.07, 6.45) is -1.77.